The van der Waals surface area contributed by atoms with Gasteiger partial charge in [0.25, 0.3) is 0 Å². The van der Waals surface area contributed by atoms with E-state index in [0.717, 1.165) is 23.3 Å². The van der Waals surface area contributed by atoms with Crippen LogP contribution in [0.2, 0.25) is 0 Å². The molecule has 0 N–H and O–H groups in total. The van der Waals surface area contributed by atoms with Crippen LogP contribution in [0.5, 0.6) is 5.75 Å². The van der Waals surface area contributed by atoms with Crippen molar-refractivity contribution in [3.8, 4) is 5.75 Å². The second kappa shape index (κ2) is 6.69. The van der Waals surface area contributed by atoms with Gasteiger partial charge in [-0.15, -0.1) is 0 Å². The van der Waals surface area contributed by atoms with E-state index in [-0.39, 0.29) is 11.7 Å². The Morgan fingerprint density at radius 1 is 1.33 bits per heavy atom. The summed E-state index contributed by atoms with van der Waals surface area (Å²) >= 11 is 3.99. The van der Waals surface area contributed by atoms with Crippen molar-refractivity contribution in [1.29, 1.82) is 0 Å². The fourth-order valence-electron chi connectivity index (χ4n) is 2.05. The lowest BCUT2D eigenvalue weighted by atomic mass is 10.0. The van der Waals surface area contributed by atoms with Crippen LogP contribution in [0.4, 0.5) is 0 Å². The molecule has 0 fully saturated rings. The Kier molecular flexibility index (Phi) is 5.54. The number of nitrogens with zero attached hydrogens (tertiary/aromatic N) is 1. The summed E-state index contributed by atoms with van der Waals surface area (Å²) in [6.07, 6.45) is 0.849. The molecule has 1 aromatic carbocycles. The standard InChI is InChI=1S/C14H21NO2S/c1-10-7-12(8-11(2)14(10)17-4)5-6-15(3)13(16)9-18/h7-8,18H,5-6,9H2,1-4H3. The van der Waals surface area contributed by atoms with E-state index in [4.69, 9.17) is 4.74 Å². The van der Waals surface area contributed by atoms with E-state index in [2.05, 4.69) is 24.8 Å². The third-order valence-corrected chi connectivity index (χ3v) is 3.29. The second-order valence-electron chi connectivity index (χ2n) is 4.49. The number of carbonyl (C=O) groups is 1. The minimum atomic E-state index is 0.0558. The van der Waals surface area contributed by atoms with Crippen molar-refractivity contribution in [2.75, 3.05) is 26.5 Å². The maximum absolute atomic E-state index is 11.4. The molecule has 0 saturated carbocycles. The van der Waals surface area contributed by atoms with E-state index < -0.39 is 0 Å². The van der Waals surface area contributed by atoms with Crippen LogP contribution in [0, 0.1) is 13.8 Å². The third-order valence-electron chi connectivity index (χ3n) is 3.02. The zero-order valence-corrected chi connectivity index (χ0v) is 12.4. The van der Waals surface area contributed by atoms with Crippen molar-refractivity contribution in [2.45, 2.75) is 20.3 Å². The molecule has 100 valence electrons. The van der Waals surface area contributed by atoms with Gasteiger partial charge >= 0.3 is 0 Å². The average molecular weight is 267 g/mol. The van der Waals surface area contributed by atoms with Gasteiger partial charge < -0.3 is 9.64 Å². The van der Waals surface area contributed by atoms with Gasteiger partial charge in [-0.2, -0.15) is 12.6 Å². The highest BCUT2D eigenvalue weighted by molar-refractivity contribution is 7.81. The number of carbonyl (C=O) groups excluding carboxylic acids is 1. The predicted molar refractivity (Wildman–Crippen MR) is 77.7 cm³/mol. The first-order valence-electron chi connectivity index (χ1n) is 5.98. The van der Waals surface area contributed by atoms with Gasteiger partial charge in [0, 0.05) is 13.6 Å². The predicted octanol–water partition coefficient (Wildman–Crippen LogP) is 2.24. The van der Waals surface area contributed by atoms with Crippen LogP contribution in [0.3, 0.4) is 0 Å². The SMILES string of the molecule is COc1c(C)cc(CCN(C)C(=O)CS)cc1C. The summed E-state index contributed by atoms with van der Waals surface area (Å²) in [4.78, 5) is 13.1. The molecule has 0 radical (unpaired) electrons. The highest BCUT2D eigenvalue weighted by Gasteiger charge is 2.08. The van der Waals surface area contributed by atoms with Gasteiger partial charge in [-0.1, -0.05) is 12.1 Å². The lowest BCUT2D eigenvalue weighted by Gasteiger charge is -2.17. The Bertz CT molecular complexity index is 409. The Morgan fingerprint density at radius 2 is 1.89 bits per heavy atom. The van der Waals surface area contributed by atoms with E-state index in [0.29, 0.717) is 6.54 Å². The molecule has 0 spiro atoms. The van der Waals surface area contributed by atoms with Crippen LogP contribution in [-0.4, -0.2) is 37.3 Å². The lowest BCUT2D eigenvalue weighted by Crippen LogP contribution is -2.29. The molecule has 4 heteroatoms. The Labute approximate surface area is 115 Å². The van der Waals surface area contributed by atoms with Crippen LogP contribution in [-0.2, 0) is 11.2 Å². The highest BCUT2D eigenvalue weighted by atomic mass is 32.1. The highest BCUT2D eigenvalue weighted by Crippen LogP contribution is 2.24. The van der Waals surface area contributed by atoms with Crippen LogP contribution >= 0.6 is 12.6 Å². The molecule has 3 nitrogen and oxygen atoms in total. The Hall–Kier alpha value is -1.16. The van der Waals surface area contributed by atoms with Gasteiger partial charge in [-0.3, -0.25) is 4.79 Å². The largest absolute Gasteiger partial charge is 0.496 e. The maximum atomic E-state index is 11.4. The maximum Gasteiger partial charge on any atom is 0.232 e. The number of amides is 1. The molecule has 1 aromatic rings. The van der Waals surface area contributed by atoms with E-state index in [1.807, 2.05) is 20.9 Å². The number of benzene rings is 1. The monoisotopic (exact) mass is 267 g/mol. The van der Waals surface area contributed by atoms with Crippen molar-refractivity contribution in [3.63, 3.8) is 0 Å². The number of rotatable bonds is 5. The molecule has 0 heterocycles. The first-order valence-corrected chi connectivity index (χ1v) is 6.61. The summed E-state index contributed by atoms with van der Waals surface area (Å²) in [6, 6.07) is 4.23. The van der Waals surface area contributed by atoms with Crippen LogP contribution in [0.1, 0.15) is 16.7 Å². The number of likely N-dealkylation sites (N-methyl/N-ethyl adjacent to an activating group) is 1. The summed E-state index contributed by atoms with van der Waals surface area (Å²) in [5.41, 5.74) is 3.50. The number of ether oxygens (including phenoxy) is 1. The Morgan fingerprint density at radius 3 is 2.33 bits per heavy atom. The van der Waals surface area contributed by atoms with E-state index in [9.17, 15) is 4.79 Å². The molecular weight excluding hydrogens is 246 g/mol. The van der Waals surface area contributed by atoms with Crippen molar-refractivity contribution in [3.05, 3.63) is 28.8 Å². The topological polar surface area (TPSA) is 29.5 Å². The van der Waals surface area contributed by atoms with Gasteiger partial charge in [0.05, 0.1) is 12.9 Å². The summed E-state index contributed by atoms with van der Waals surface area (Å²) < 4.78 is 5.34. The molecule has 0 aromatic heterocycles. The van der Waals surface area contributed by atoms with Crippen molar-refractivity contribution < 1.29 is 9.53 Å². The van der Waals surface area contributed by atoms with Gasteiger partial charge in [0.15, 0.2) is 0 Å². The molecular formula is C14H21NO2S. The van der Waals surface area contributed by atoms with Gasteiger partial charge in [-0.05, 0) is 37.0 Å². The molecule has 1 amide bonds. The van der Waals surface area contributed by atoms with Crippen molar-refractivity contribution >= 4 is 18.5 Å². The van der Waals surface area contributed by atoms with Gasteiger partial charge in [-0.25, -0.2) is 0 Å². The van der Waals surface area contributed by atoms with E-state index in [1.54, 1.807) is 12.0 Å². The number of aryl methyl sites for hydroxylation is 2. The van der Waals surface area contributed by atoms with Crippen molar-refractivity contribution in [1.82, 2.24) is 4.90 Å². The number of hydrogen-bond acceptors (Lipinski definition) is 3. The molecule has 18 heavy (non-hydrogen) atoms. The second-order valence-corrected chi connectivity index (χ2v) is 4.80. The number of hydrogen-bond donors (Lipinski definition) is 1. The van der Waals surface area contributed by atoms with Gasteiger partial charge in [0.1, 0.15) is 5.75 Å². The molecule has 0 aliphatic rings. The zero-order valence-electron chi connectivity index (χ0n) is 11.5. The molecule has 0 unspecified atom stereocenters. The summed E-state index contributed by atoms with van der Waals surface area (Å²) in [7, 11) is 3.50. The Balaban J connectivity index is 2.72. The normalized spacial score (nSPS) is 10.3. The minimum Gasteiger partial charge on any atom is -0.496 e. The molecule has 0 atom stereocenters. The first-order chi connectivity index (χ1) is 8.49. The smallest absolute Gasteiger partial charge is 0.232 e. The van der Waals surface area contributed by atoms with Crippen LogP contribution in [0.25, 0.3) is 0 Å². The quantitative estimate of drug-likeness (QED) is 0.829. The van der Waals surface area contributed by atoms with E-state index >= 15 is 0 Å². The zero-order chi connectivity index (χ0) is 13.7. The fourth-order valence-corrected chi connectivity index (χ4v) is 2.29. The summed E-state index contributed by atoms with van der Waals surface area (Å²) in [5, 5.41) is 0. The molecule has 0 aliphatic heterocycles. The average Bonchev–Trinajstić information content (AvgIpc) is 2.34. The summed E-state index contributed by atoms with van der Waals surface area (Å²) in [5.74, 6) is 1.26. The lowest BCUT2D eigenvalue weighted by molar-refractivity contribution is -0.127. The third kappa shape index (κ3) is 3.67. The number of thiol groups is 1. The molecule has 0 aliphatic carbocycles. The van der Waals surface area contributed by atoms with Crippen LogP contribution in [0.15, 0.2) is 12.1 Å². The number of methoxy groups -OCH3 is 1. The van der Waals surface area contributed by atoms with E-state index in [1.165, 1.54) is 5.56 Å². The van der Waals surface area contributed by atoms with Crippen molar-refractivity contribution in [2.24, 2.45) is 0 Å². The summed E-state index contributed by atoms with van der Waals surface area (Å²) in [6.45, 7) is 4.79. The minimum absolute atomic E-state index is 0.0558. The van der Waals surface area contributed by atoms with Crippen LogP contribution < -0.4 is 4.74 Å². The first kappa shape index (κ1) is 14.9. The molecule has 0 saturated heterocycles. The molecule has 1 rings (SSSR count). The fraction of sp³-hybridized carbons (Fsp3) is 0.500. The van der Waals surface area contributed by atoms with Gasteiger partial charge in [0.2, 0.25) is 5.91 Å². The molecule has 0 bridgehead atoms.